The number of rotatable bonds is 2. The van der Waals surface area contributed by atoms with Crippen LogP contribution >= 0.6 is 0 Å². The van der Waals surface area contributed by atoms with Gasteiger partial charge >= 0.3 is 6.92 Å². The summed E-state index contributed by atoms with van der Waals surface area (Å²) in [6.07, 6.45) is 10.3. The van der Waals surface area contributed by atoms with E-state index in [-0.39, 0.29) is 0 Å². The van der Waals surface area contributed by atoms with Crippen LogP contribution in [0.25, 0.3) is 0 Å². The van der Waals surface area contributed by atoms with Crippen molar-refractivity contribution in [2.24, 2.45) is 0 Å². The van der Waals surface area contributed by atoms with E-state index in [1.165, 1.54) is 0 Å². The van der Waals surface area contributed by atoms with Crippen molar-refractivity contribution in [2.45, 2.75) is 0 Å². The average Bonchev–Trinajstić information content (AvgIpc) is 2.30. The number of hydrogen-bond acceptors (Lipinski definition) is 1. The second kappa shape index (κ2) is 4.06. The molecule has 0 aliphatic heterocycles. The van der Waals surface area contributed by atoms with Crippen LogP contribution in [0.15, 0.2) is 60.1 Å². The highest BCUT2D eigenvalue weighted by Crippen LogP contribution is 2.05. The van der Waals surface area contributed by atoms with Crippen molar-refractivity contribution >= 4 is 12.4 Å². The highest BCUT2D eigenvalue weighted by Gasteiger charge is 2.24. The van der Waals surface area contributed by atoms with Gasteiger partial charge in [0.1, 0.15) is 6.08 Å². The molecule has 1 N–H and O–H groups in total. The molecule has 0 spiro atoms. The average molecular weight is 181 g/mol. The summed E-state index contributed by atoms with van der Waals surface area (Å²) in [5, 5.41) is 9.97. The van der Waals surface area contributed by atoms with Crippen molar-refractivity contribution in [3.8, 4) is 0 Å². The molecule has 0 heterocycles. The van der Waals surface area contributed by atoms with Crippen LogP contribution in [0, 0.1) is 6.08 Å². The fraction of sp³-hybridized carbons (Fsp3) is 0. The van der Waals surface area contributed by atoms with E-state index in [4.69, 9.17) is 0 Å². The van der Waals surface area contributed by atoms with E-state index < -0.39 is 6.92 Å². The number of allylic oxidation sites excluding steroid dienone is 6. The van der Waals surface area contributed by atoms with Gasteiger partial charge in [-0.05, 0) is 5.46 Å². The van der Waals surface area contributed by atoms with Crippen LogP contribution in [0.1, 0.15) is 0 Å². The number of hydrogen-bond donors (Lipinski definition) is 1. The molecule has 2 rings (SSSR count). The van der Waals surface area contributed by atoms with Gasteiger partial charge in [-0.1, -0.05) is 30.3 Å². The fourth-order valence-corrected chi connectivity index (χ4v) is 1.41. The fourth-order valence-electron chi connectivity index (χ4n) is 1.41. The SMILES string of the molecule is OB(C1=CC=C[C+]=C1)c1ccccc1. The summed E-state index contributed by atoms with van der Waals surface area (Å²) in [5.41, 5.74) is 1.78. The summed E-state index contributed by atoms with van der Waals surface area (Å²) in [5.74, 6) is 0. The van der Waals surface area contributed by atoms with Crippen LogP contribution in [-0.4, -0.2) is 11.9 Å². The lowest BCUT2D eigenvalue weighted by atomic mass is 9.54. The molecule has 0 bridgehead atoms. The zero-order valence-corrected chi connectivity index (χ0v) is 7.72. The third-order valence-corrected chi connectivity index (χ3v) is 2.16. The van der Waals surface area contributed by atoms with E-state index in [0.29, 0.717) is 0 Å². The minimum atomic E-state index is -0.548. The van der Waals surface area contributed by atoms with Gasteiger partial charge in [-0.3, -0.25) is 0 Å². The Kier molecular flexibility index (Phi) is 2.59. The van der Waals surface area contributed by atoms with Crippen molar-refractivity contribution in [3.05, 3.63) is 66.2 Å². The highest BCUT2D eigenvalue weighted by atomic mass is 16.2. The second-order valence-corrected chi connectivity index (χ2v) is 3.15. The van der Waals surface area contributed by atoms with E-state index in [1.807, 2.05) is 48.6 Å². The van der Waals surface area contributed by atoms with Gasteiger partial charge in [-0.15, -0.1) is 0 Å². The Morgan fingerprint density at radius 1 is 1.14 bits per heavy atom. The normalized spacial score (nSPS) is 13.4. The summed E-state index contributed by atoms with van der Waals surface area (Å²) in [6, 6.07) is 9.61. The first-order valence-electron chi connectivity index (χ1n) is 4.57. The summed E-state index contributed by atoms with van der Waals surface area (Å²) in [7, 11) is 0. The Labute approximate surface area is 84.2 Å². The Hall–Kier alpha value is -1.63. The summed E-state index contributed by atoms with van der Waals surface area (Å²) in [4.78, 5) is 0. The maximum Gasteiger partial charge on any atom is 0.437 e. The molecule has 1 nitrogen and oxygen atoms in total. The molecule has 0 aromatic heterocycles. The largest absolute Gasteiger partial charge is 0.437 e. The lowest BCUT2D eigenvalue weighted by Gasteiger charge is -2.02. The third kappa shape index (κ3) is 1.82. The van der Waals surface area contributed by atoms with Crippen molar-refractivity contribution < 1.29 is 5.02 Å². The Morgan fingerprint density at radius 3 is 2.57 bits per heavy atom. The van der Waals surface area contributed by atoms with Gasteiger partial charge in [-0.25, -0.2) is 0 Å². The zero-order chi connectivity index (χ0) is 9.80. The van der Waals surface area contributed by atoms with Crippen molar-refractivity contribution in [3.63, 3.8) is 0 Å². The van der Waals surface area contributed by atoms with Crippen LogP contribution in [-0.2, 0) is 0 Å². The van der Waals surface area contributed by atoms with Gasteiger partial charge in [0.2, 0.25) is 0 Å². The molecule has 0 saturated carbocycles. The van der Waals surface area contributed by atoms with Crippen LogP contribution < -0.4 is 5.46 Å². The first kappa shape index (κ1) is 8.95. The van der Waals surface area contributed by atoms with Crippen LogP contribution in [0.5, 0.6) is 0 Å². The zero-order valence-electron chi connectivity index (χ0n) is 7.72. The molecule has 2 heteroatoms. The molecule has 0 amide bonds. The van der Waals surface area contributed by atoms with Gasteiger partial charge in [0.05, 0.1) is 11.5 Å². The van der Waals surface area contributed by atoms with Gasteiger partial charge in [0, 0.05) is 18.2 Å². The van der Waals surface area contributed by atoms with Crippen LogP contribution in [0.4, 0.5) is 0 Å². The molecule has 0 fully saturated rings. The van der Waals surface area contributed by atoms with Crippen molar-refractivity contribution in [1.82, 2.24) is 0 Å². The Balaban J connectivity index is 2.25. The molecular formula is C12H10BO+. The van der Waals surface area contributed by atoms with E-state index in [1.54, 1.807) is 6.08 Å². The van der Waals surface area contributed by atoms with Gasteiger partial charge in [0.25, 0.3) is 0 Å². The molecule has 14 heavy (non-hydrogen) atoms. The topological polar surface area (TPSA) is 20.2 Å². The Bertz CT molecular complexity index is 390. The van der Waals surface area contributed by atoms with Crippen molar-refractivity contribution in [1.29, 1.82) is 0 Å². The summed E-state index contributed by atoms with van der Waals surface area (Å²) in [6.45, 7) is -0.548. The smallest absolute Gasteiger partial charge is 0.431 e. The quantitative estimate of drug-likeness (QED) is 0.538. The minimum Gasteiger partial charge on any atom is -0.431 e. The standard InChI is InChI=1S/C12H10BO/c14-13(11-7-3-1-4-8-11)12-9-5-2-6-10-12/h1-5,7-10,14H/q+1. The number of benzene rings is 1. The lowest BCUT2D eigenvalue weighted by molar-refractivity contribution is 0.596. The maximum atomic E-state index is 9.97. The van der Waals surface area contributed by atoms with Gasteiger partial charge < -0.3 is 5.02 Å². The minimum absolute atomic E-state index is 0.548. The van der Waals surface area contributed by atoms with Crippen LogP contribution in [0.2, 0.25) is 0 Å². The molecule has 0 atom stereocenters. The predicted octanol–water partition coefficient (Wildman–Crippen LogP) is 1.27. The maximum absolute atomic E-state index is 9.97. The van der Waals surface area contributed by atoms with Gasteiger partial charge in [0.15, 0.2) is 0 Å². The summed E-state index contributed by atoms with van der Waals surface area (Å²) >= 11 is 0. The summed E-state index contributed by atoms with van der Waals surface area (Å²) < 4.78 is 0. The molecule has 1 aliphatic rings. The first-order valence-corrected chi connectivity index (χ1v) is 4.57. The molecule has 0 radical (unpaired) electrons. The third-order valence-electron chi connectivity index (χ3n) is 2.16. The lowest BCUT2D eigenvalue weighted by Crippen LogP contribution is -2.31. The van der Waals surface area contributed by atoms with Crippen LogP contribution in [0.3, 0.4) is 0 Å². The van der Waals surface area contributed by atoms with Crippen molar-refractivity contribution in [2.75, 3.05) is 0 Å². The molecule has 66 valence electrons. The Morgan fingerprint density at radius 2 is 1.93 bits per heavy atom. The first-order chi connectivity index (χ1) is 6.88. The molecule has 0 unspecified atom stereocenters. The second-order valence-electron chi connectivity index (χ2n) is 3.15. The van der Waals surface area contributed by atoms with Gasteiger partial charge in [-0.2, -0.15) is 0 Å². The molecule has 1 aliphatic carbocycles. The predicted molar refractivity (Wildman–Crippen MR) is 59.1 cm³/mol. The molecular weight excluding hydrogens is 171 g/mol. The van der Waals surface area contributed by atoms with E-state index in [2.05, 4.69) is 6.08 Å². The molecule has 1 aromatic rings. The van der Waals surface area contributed by atoms with E-state index in [9.17, 15) is 5.02 Å². The van der Waals surface area contributed by atoms with E-state index >= 15 is 0 Å². The monoisotopic (exact) mass is 181 g/mol. The van der Waals surface area contributed by atoms with E-state index in [0.717, 1.165) is 10.9 Å². The molecule has 0 saturated heterocycles. The molecule has 1 aromatic carbocycles. The highest BCUT2D eigenvalue weighted by molar-refractivity contribution is 6.73.